The Morgan fingerprint density at radius 1 is 1.75 bits per heavy atom. The molecule has 1 rings (SSSR count). The van der Waals surface area contributed by atoms with Crippen molar-refractivity contribution < 1.29 is 0 Å². The fraction of sp³-hybridized carbons (Fsp3) is 0.571. The lowest BCUT2D eigenvalue weighted by Crippen LogP contribution is -2.15. The quantitative estimate of drug-likeness (QED) is 0.628. The van der Waals surface area contributed by atoms with Gasteiger partial charge in [-0.1, -0.05) is 0 Å². The van der Waals surface area contributed by atoms with E-state index in [0.717, 1.165) is 5.82 Å². The standard InChI is InChI=1S/C7H11N5/c1-12-6-10-7(11-12)5-9-4-2-3-8/h6,9H,2,4-5H2,1H3. The average molecular weight is 165 g/mol. The molecule has 0 radical (unpaired) electrons. The molecule has 1 aromatic heterocycles. The minimum atomic E-state index is 0.521. The first-order chi connectivity index (χ1) is 5.83. The summed E-state index contributed by atoms with van der Waals surface area (Å²) in [5.74, 6) is 0.760. The minimum absolute atomic E-state index is 0.521. The maximum Gasteiger partial charge on any atom is 0.164 e. The van der Waals surface area contributed by atoms with Gasteiger partial charge in [0.2, 0.25) is 0 Å². The minimum Gasteiger partial charge on any atom is -0.309 e. The Morgan fingerprint density at radius 3 is 3.17 bits per heavy atom. The lowest BCUT2D eigenvalue weighted by atomic mass is 10.4. The summed E-state index contributed by atoms with van der Waals surface area (Å²) in [5.41, 5.74) is 0. The van der Waals surface area contributed by atoms with E-state index in [0.29, 0.717) is 19.5 Å². The van der Waals surface area contributed by atoms with Crippen LogP contribution in [0, 0.1) is 11.3 Å². The van der Waals surface area contributed by atoms with E-state index in [4.69, 9.17) is 5.26 Å². The number of rotatable bonds is 4. The third-order valence-electron chi connectivity index (χ3n) is 1.34. The van der Waals surface area contributed by atoms with Crippen LogP contribution in [0.1, 0.15) is 12.2 Å². The highest BCUT2D eigenvalue weighted by atomic mass is 15.3. The van der Waals surface area contributed by atoms with Gasteiger partial charge in [-0.05, 0) is 0 Å². The summed E-state index contributed by atoms with van der Waals surface area (Å²) >= 11 is 0. The summed E-state index contributed by atoms with van der Waals surface area (Å²) in [4.78, 5) is 4.02. The van der Waals surface area contributed by atoms with Crippen LogP contribution in [0.3, 0.4) is 0 Å². The summed E-state index contributed by atoms with van der Waals surface area (Å²) in [6, 6.07) is 2.05. The molecule has 0 fully saturated rings. The van der Waals surface area contributed by atoms with E-state index in [1.54, 1.807) is 11.0 Å². The van der Waals surface area contributed by atoms with Gasteiger partial charge in [0, 0.05) is 20.0 Å². The number of aryl methyl sites for hydroxylation is 1. The summed E-state index contributed by atoms with van der Waals surface area (Å²) in [7, 11) is 1.83. The van der Waals surface area contributed by atoms with Crippen molar-refractivity contribution in [2.24, 2.45) is 7.05 Å². The Balaban J connectivity index is 2.21. The molecule has 0 unspecified atom stereocenters. The third kappa shape index (κ3) is 2.68. The highest BCUT2D eigenvalue weighted by molar-refractivity contribution is 4.80. The normalized spacial score (nSPS) is 9.67. The first-order valence-corrected chi connectivity index (χ1v) is 3.75. The fourth-order valence-electron chi connectivity index (χ4n) is 0.809. The molecule has 5 nitrogen and oxygen atoms in total. The SMILES string of the molecule is Cn1cnc(CNCCC#N)n1. The molecule has 1 heterocycles. The molecule has 12 heavy (non-hydrogen) atoms. The van der Waals surface area contributed by atoms with E-state index >= 15 is 0 Å². The van der Waals surface area contributed by atoms with Gasteiger partial charge < -0.3 is 5.32 Å². The molecule has 1 N–H and O–H groups in total. The highest BCUT2D eigenvalue weighted by Gasteiger charge is 1.95. The first kappa shape index (κ1) is 8.68. The van der Waals surface area contributed by atoms with E-state index in [1.807, 2.05) is 7.05 Å². The molecular weight excluding hydrogens is 154 g/mol. The van der Waals surface area contributed by atoms with E-state index in [2.05, 4.69) is 21.5 Å². The van der Waals surface area contributed by atoms with Crippen LogP contribution in [0.5, 0.6) is 0 Å². The predicted octanol–water partition coefficient (Wildman–Crippen LogP) is -0.182. The van der Waals surface area contributed by atoms with E-state index in [9.17, 15) is 0 Å². The van der Waals surface area contributed by atoms with Crippen LogP contribution in [-0.2, 0) is 13.6 Å². The van der Waals surface area contributed by atoms with Gasteiger partial charge in [-0.2, -0.15) is 10.4 Å². The number of nitrogens with zero attached hydrogens (tertiary/aromatic N) is 4. The maximum atomic E-state index is 8.24. The molecule has 0 aliphatic carbocycles. The fourth-order valence-corrected chi connectivity index (χ4v) is 0.809. The van der Waals surface area contributed by atoms with Crippen LogP contribution in [-0.4, -0.2) is 21.3 Å². The molecule has 0 spiro atoms. The molecule has 0 aliphatic heterocycles. The monoisotopic (exact) mass is 165 g/mol. The zero-order valence-corrected chi connectivity index (χ0v) is 6.99. The molecule has 0 atom stereocenters. The van der Waals surface area contributed by atoms with Gasteiger partial charge in [0.25, 0.3) is 0 Å². The van der Waals surface area contributed by atoms with Gasteiger partial charge in [-0.15, -0.1) is 0 Å². The number of nitrogens with one attached hydrogen (secondary N) is 1. The van der Waals surface area contributed by atoms with E-state index < -0.39 is 0 Å². The zero-order chi connectivity index (χ0) is 8.81. The number of nitriles is 1. The smallest absolute Gasteiger partial charge is 0.164 e. The third-order valence-corrected chi connectivity index (χ3v) is 1.34. The van der Waals surface area contributed by atoms with Crippen LogP contribution in [0.15, 0.2) is 6.33 Å². The highest BCUT2D eigenvalue weighted by Crippen LogP contribution is 1.86. The molecule has 5 heteroatoms. The van der Waals surface area contributed by atoms with Gasteiger partial charge >= 0.3 is 0 Å². The topological polar surface area (TPSA) is 66.5 Å². The van der Waals surface area contributed by atoms with E-state index in [-0.39, 0.29) is 0 Å². The van der Waals surface area contributed by atoms with Crippen molar-refractivity contribution in [3.05, 3.63) is 12.2 Å². The Hall–Kier alpha value is -1.41. The Morgan fingerprint density at radius 2 is 2.58 bits per heavy atom. The Kier molecular flexibility index (Phi) is 3.23. The van der Waals surface area contributed by atoms with Gasteiger partial charge in [0.05, 0.1) is 12.6 Å². The number of hydrogen-bond acceptors (Lipinski definition) is 4. The van der Waals surface area contributed by atoms with Crippen molar-refractivity contribution in [1.29, 1.82) is 5.26 Å². The van der Waals surface area contributed by atoms with Gasteiger partial charge in [-0.3, -0.25) is 4.68 Å². The summed E-state index contributed by atoms with van der Waals surface area (Å²) in [6.45, 7) is 1.32. The maximum absolute atomic E-state index is 8.24. The molecular formula is C7H11N5. The van der Waals surface area contributed by atoms with Crippen LogP contribution >= 0.6 is 0 Å². The molecule has 0 amide bonds. The van der Waals surface area contributed by atoms with Crippen molar-refractivity contribution in [3.8, 4) is 6.07 Å². The molecule has 0 aliphatic rings. The Labute approximate surface area is 71.0 Å². The second-order valence-electron chi connectivity index (χ2n) is 2.42. The molecule has 0 saturated carbocycles. The molecule has 0 aromatic carbocycles. The molecule has 0 bridgehead atoms. The van der Waals surface area contributed by atoms with Crippen molar-refractivity contribution in [2.45, 2.75) is 13.0 Å². The van der Waals surface area contributed by atoms with Crippen LogP contribution in [0.2, 0.25) is 0 Å². The largest absolute Gasteiger partial charge is 0.309 e. The predicted molar refractivity (Wildman–Crippen MR) is 42.9 cm³/mol. The lowest BCUT2D eigenvalue weighted by Gasteiger charge is -1.95. The van der Waals surface area contributed by atoms with Gasteiger partial charge in [0.15, 0.2) is 5.82 Å². The van der Waals surface area contributed by atoms with E-state index in [1.165, 1.54) is 0 Å². The summed E-state index contributed by atoms with van der Waals surface area (Å²) in [6.07, 6.45) is 2.17. The van der Waals surface area contributed by atoms with Crippen molar-refractivity contribution in [1.82, 2.24) is 20.1 Å². The van der Waals surface area contributed by atoms with Crippen LogP contribution in [0.25, 0.3) is 0 Å². The lowest BCUT2D eigenvalue weighted by molar-refractivity contribution is 0.655. The van der Waals surface area contributed by atoms with Crippen LogP contribution < -0.4 is 5.32 Å². The van der Waals surface area contributed by atoms with Crippen molar-refractivity contribution in [2.75, 3.05) is 6.54 Å². The molecule has 64 valence electrons. The van der Waals surface area contributed by atoms with Crippen molar-refractivity contribution >= 4 is 0 Å². The van der Waals surface area contributed by atoms with Gasteiger partial charge in [-0.25, -0.2) is 4.98 Å². The average Bonchev–Trinajstić information content (AvgIpc) is 2.45. The number of aromatic nitrogens is 3. The zero-order valence-electron chi connectivity index (χ0n) is 6.99. The summed E-state index contributed by atoms with van der Waals surface area (Å²) in [5, 5.41) is 15.4. The van der Waals surface area contributed by atoms with Crippen molar-refractivity contribution in [3.63, 3.8) is 0 Å². The first-order valence-electron chi connectivity index (χ1n) is 3.75. The number of hydrogen-bond donors (Lipinski definition) is 1. The molecule has 1 aromatic rings. The summed E-state index contributed by atoms with van der Waals surface area (Å²) < 4.78 is 1.65. The van der Waals surface area contributed by atoms with Gasteiger partial charge in [0.1, 0.15) is 6.33 Å². The second-order valence-corrected chi connectivity index (χ2v) is 2.42. The molecule has 0 saturated heterocycles. The van der Waals surface area contributed by atoms with Crippen LogP contribution in [0.4, 0.5) is 0 Å². The second kappa shape index (κ2) is 4.46. The Bertz CT molecular complexity index is 272.